The number of amides is 2. The first-order valence-corrected chi connectivity index (χ1v) is 7.44. The average Bonchev–Trinajstić information content (AvgIpc) is 3.26. The first-order valence-electron chi connectivity index (χ1n) is 7.06. The van der Waals surface area contributed by atoms with Crippen LogP contribution in [-0.4, -0.2) is 35.0 Å². The molecule has 0 unspecified atom stereocenters. The quantitative estimate of drug-likeness (QED) is 0.554. The number of halogens is 1. The Bertz CT molecular complexity index is 518. The number of hydrogen-bond acceptors (Lipinski definition) is 3. The molecule has 0 aromatic carbocycles. The lowest BCUT2D eigenvalue weighted by Gasteiger charge is -2.21. The zero-order valence-electron chi connectivity index (χ0n) is 11.8. The van der Waals surface area contributed by atoms with Gasteiger partial charge in [0.05, 0.1) is 10.7 Å². The van der Waals surface area contributed by atoms with E-state index in [0.717, 1.165) is 5.69 Å². The van der Waals surface area contributed by atoms with E-state index in [9.17, 15) is 4.79 Å². The summed E-state index contributed by atoms with van der Waals surface area (Å²) in [6.45, 7) is 1.04. The predicted molar refractivity (Wildman–Crippen MR) is 82.3 cm³/mol. The highest BCUT2D eigenvalue weighted by Gasteiger charge is 2.23. The Morgan fingerprint density at radius 2 is 2.33 bits per heavy atom. The topological polar surface area (TPSA) is 95.1 Å². The van der Waals surface area contributed by atoms with Gasteiger partial charge < -0.3 is 11.1 Å². The van der Waals surface area contributed by atoms with Gasteiger partial charge in [-0.25, -0.2) is 4.79 Å². The summed E-state index contributed by atoms with van der Waals surface area (Å²) in [5, 5.41) is 10.9. The van der Waals surface area contributed by atoms with E-state index in [-0.39, 0.29) is 12.0 Å². The fourth-order valence-electron chi connectivity index (χ4n) is 1.99. The Kier molecular flexibility index (Phi) is 5.38. The summed E-state index contributed by atoms with van der Waals surface area (Å²) < 4.78 is 0. The van der Waals surface area contributed by atoms with Crippen LogP contribution in [0.5, 0.6) is 0 Å². The molecule has 1 aliphatic rings. The van der Waals surface area contributed by atoms with E-state index in [1.165, 1.54) is 17.7 Å². The maximum absolute atomic E-state index is 12.0. The molecule has 0 bridgehead atoms. The zero-order chi connectivity index (χ0) is 15.2. The molecule has 7 heteroatoms. The molecule has 0 radical (unpaired) electrons. The van der Waals surface area contributed by atoms with Crippen molar-refractivity contribution in [2.24, 2.45) is 11.7 Å². The lowest BCUT2D eigenvalue weighted by atomic mass is 10.2. The molecule has 114 valence electrons. The van der Waals surface area contributed by atoms with Gasteiger partial charge in [0.25, 0.3) is 0 Å². The van der Waals surface area contributed by atoms with Crippen LogP contribution in [0.15, 0.2) is 18.3 Å². The summed E-state index contributed by atoms with van der Waals surface area (Å²) in [6.07, 6.45) is 5.30. The second-order valence-electron chi connectivity index (χ2n) is 5.20. The van der Waals surface area contributed by atoms with Crippen LogP contribution in [0.1, 0.15) is 25.0 Å². The minimum absolute atomic E-state index is 0.240. The summed E-state index contributed by atoms with van der Waals surface area (Å²) in [7, 11) is 0. The van der Waals surface area contributed by atoms with E-state index in [4.69, 9.17) is 22.7 Å². The van der Waals surface area contributed by atoms with Crippen LogP contribution in [0, 0.1) is 11.3 Å². The lowest BCUT2D eigenvalue weighted by molar-refractivity contribution is 0.219. The van der Waals surface area contributed by atoms with E-state index in [1.54, 1.807) is 18.3 Å². The molecule has 1 aliphatic carbocycles. The van der Waals surface area contributed by atoms with Crippen LogP contribution in [0.3, 0.4) is 0 Å². The molecular weight excluding hydrogens is 290 g/mol. The van der Waals surface area contributed by atoms with Gasteiger partial charge in [-0.15, -0.1) is 0 Å². The predicted octanol–water partition coefficient (Wildman–Crippen LogP) is 1.98. The zero-order valence-corrected chi connectivity index (χ0v) is 12.6. The van der Waals surface area contributed by atoms with Crippen molar-refractivity contribution in [2.45, 2.75) is 25.7 Å². The standard InChI is InChI=1S/C14H20ClN5O/c15-11-3-1-7-18-12(11)4-2-8-20(13(16)17)14(21)19-9-10-5-6-10/h1,3,7,10H,2,4-6,8-9H2,(H3,16,17)(H,19,21). The molecule has 2 rings (SSSR count). The lowest BCUT2D eigenvalue weighted by Crippen LogP contribution is -2.47. The maximum Gasteiger partial charge on any atom is 0.324 e. The Balaban J connectivity index is 1.80. The number of rotatable bonds is 6. The number of nitrogens with zero attached hydrogens (tertiary/aromatic N) is 2. The van der Waals surface area contributed by atoms with E-state index in [0.29, 0.717) is 36.9 Å². The molecule has 6 nitrogen and oxygen atoms in total. The van der Waals surface area contributed by atoms with Crippen molar-refractivity contribution in [3.05, 3.63) is 29.0 Å². The van der Waals surface area contributed by atoms with E-state index < -0.39 is 0 Å². The van der Waals surface area contributed by atoms with Gasteiger partial charge in [0.2, 0.25) is 0 Å². The van der Waals surface area contributed by atoms with Gasteiger partial charge >= 0.3 is 6.03 Å². The van der Waals surface area contributed by atoms with Gasteiger partial charge in [0.15, 0.2) is 5.96 Å². The number of hydrogen-bond donors (Lipinski definition) is 3. The van der Waals surface area contributed by atoms with Gasteiger partial charge in [-0.1, -0.05) is 11.6 Å². The highest BCUT2D eigenvalue weighted by molar-refractivity contribution is 6.31. The summed E-state index contributed by atoms with van der Waals surface area (Å²) in [5.74, 6) is 0.352. The van der Waals surface area contributed by atoms with Crippen LogP contribution in [0.2, 0.25) is 5.02 Å². The second-order valence-corrected chi connectivity index (χ2v) is 5.61. The average molecular weight is 310 g/mol. The third-order valence-corrected chi connectivity index (χ3v) is 3.75. The van der Waals surface area contributed by atoms with E-state index >= 15 is 0 Å². The van der Waals surface area contributed by atoms with Crippen molar-refractivity contribution in [3.8, 4) is 0 Å². The van der Waals surface area contributed by atoms with E-state index in [2.05, 4.69) is 10.3 Å². The Hall–Kier alpha value is -1.82. The molecule has 1 heterocycles. The van der Waals surface area contributed by atoms with Crippen molar-refractivity contribution in [2.75, 3.05) is 13.1 Å². The number of carbonyl (C=O) groups is 1. The summed E-state index contributed by atoms with van der Waals surface area (Å²) in [4.78, 5) is 17.4. The van der Waals surface area contributed by atoms with Crippen LogP contribution in [0.4, 0.5) is 4.79 Å². The molecule has 0 aliphatic heterocycles. The Morgan fingerprint density at radius 3 is 2.95 bits per heavy atom. The molecule has 0 atom stereocenters. The van der Waals surface area contributed by atoms with Crippen molar-refractivity contribution >= 4 is 23.6 Å². The SMILES string of the molecule is N=C(N)N(CCCc1ncccc1Cl)C(=O)NCC1CC1. The van der Waals surface area contributed by atoms with Crippen LogP contribution >= 0.6 is 11.6 Å². The first-order chi connectivity index (χ1) is 10.1. The van der Waals surface area contributed by atoms with Gasteiger partial charge in [-0.3, -0.25) is 15.3 Å². The second kappa shape index (κ2) is 7.26. The molecule has 1 fully saturated rings. The normalized spacial score (nSPS) is 13.8. The Labute approximate surface area is 129 Å². The number of aryl methyl sites for hydroxylation is 1. The van der Waals surface area contributed by atoms with Crippen molar-refractivity contribution in [1.29, 1.82) is 5.41 Å². The van der Waals surface area contributed by atoms with Crippen molar-refractivity contribution in [3.63, 3.8) is 0 Å². The molecule has 4 N–H and O–H groups in total. The first kappa shape index (κ1) is 15.6. The maximum atomic E-state index is 12.0. The minimum atomic E-state index is -0.304. The molecule has 1 aromatic heterocycles. The van der Waals surface area contributed by atoms with Crippen molar-refractivity contribution < 1.29 is 4.79 Å². The molecule has 1 saturated carbocycles. The van der Waals surface area contributed by atoms with Gasteiger partial charge in [0.1, 0.15) is 0 Å². The number of aromatic nitrogens is 1. The summed E-state index contributed by atoms with van der Waals surface area (Å²) >= 11 is 6.03. The summed E-state index contributed by atoms with van der Waals surface area (Å²) in [5.41, 5.74) is 6.27. The highest BCUT2D eigenvalue weighted by Crippen LogP contribution is 2.27. The third-order valence-electron chi connectivity index (χ3n) is 3.40. The highest BCUT2D eigenvalue weighted by atomic mass is 35.5. The van der Waals surface area contributed by atoms with E-state index in [1.807, 2.05) is 0 Å². The van der Waals surface area contributed by atoms with Crippen LogP contribution in [-0.2, 0) is 6.42 Å². The number of pyridine rings is 1. The molecule has 1 aromatic rings. The number of guanidine groups is 1. The van der Waals surface area contributed by atoms with Crippen LogP contribution in [0.25, 0.3) is 0 Å². The largest absolute Gasteiger partial charge is 0.370 e. The summed E-state index contributed by atoms with van der Waals surface area (Å²) in [6, 6.07) is 3.26. The molecule has 21 heavy (non-hydrogen) atoms. The number of carbonyl (C=O) groups excluding carboxylic acids is 1. The fourth-order valence-corrected chi connectivity index (χ4v) is 2.20. The van der Waals surface area contributed by atoms with Gasteiger partial charge in [-0.05, 0) is 43.7 Å². The molecular formula is C14H20ClN5O. The molecule has 0 spiro atoms. The monoisotopic (exact) mass is 309 g/mol. The third kappa shape index (κ3) is 4.90. The van der Waals surface area contributed by atoms with Crippen molar-refractivity contribution in [1.82, 2.24) is 15.2 Å². The number of nitrogens with two attached hydrogens (primary N) is 1. The fraction of sp³-hybridized carbons (Fsp3) is 0.500. The minimum Gasteiger partial charge on any atom is -0.370 e. The molecule has 2 amide bonds. The molecule has 0 saturated heterocycles. The number of nitrogens with one attached hydrogen (secondary N) is 2. The van der Waals surface area contributed by atoms with Gasteiger partial charge in [0, 0.05) is 19.3 Å². The number of urea groups is 1. The smallest absolute Gasteiger partial charge is 0.324 e. The Morgan fingerprint density at radius 1 is 1.57 bits per heavy atom. The van der Waals surface area contributed by atoms with Gasteiger partial charge in [-0.2, -0.15) is 0 Å². The van der Waals surface area contributed by atoms with Crippen LogP contribution < -0.4 is 11.1 Å².